The van der Waals surface area contributed by atoms with E-state index in [-0.39, 0.29) is 12.1 Å². The zero-order chi connectivity index (χ0) is 13.7. The molecule has 0 aliphatic heterocycles. The average molecular weight is 278 g/mol. The second-order valence-corrected chi connectivity index (χ2v) is 5.63. The Kier molecular flexibility index (Phi) is 4.57. The molecule has 0 aliphatic carbocycles. The minimum Gasteiger partial charge on any atom is -0.333 e. The number of aromatic amines is 1. The van der Waals surface area contributed by atoms with Crippen molar-refractivity contribution in [2.45, 2.75) is 26.4 Å². The van der Waals surface area contributed by atoms with Gasteiger partial charge in [-0.25, -0.2) is 4.79 Å². The number of amides is 2. The quantitative estimate of drug-likeness (QED) is 0.787. The summed E-state index contributed by atoms with van der Waals surface area (Å²) in [6.07, 6.45) is 1.66. The van der Waals surface area contributed by atoms with Crippen molar-refractivity contribution in [3.05, 3.63) is 40.3 Å². The number of carbonyl (C=O) groups is 1. The topological polar surface area (TPSA) is 69.8 Å². The van der Waals surface area contributed by atoms with Gasteiger partial charge in [0, 0.05) is 11.1 Å². The molecule has 2 rings (SSSR count). The number of hydrogen-bond acceptors (Lipinski definition) is 3. The van der Waals surface area contributed by atoms with Gasteiger partial charge >= 0.3 is 6.03 Å². The van der Waals surface area contributed by atoms with Crippen molar-refractivity contribution in [2.75, 3.05) is 0 Å². The maximum atomic E-state index is 11.9. The van der Waals surface area contributed by atoms with Crippen LogP contribution in [0.15, 0.2) is 29.8 Å². The molecule has 0 aromatic carbocycles. The third-order valence-electron chi connectivity index (χ3n) is 2.80. The van der Waals surface area contributed by atoms with Crippen LogP contribution >= 0.6 is 11.3 Å². The van der Waals surface area contributed by atoms with Gasteiger partial charge in [0.2, 0.25) is 0 Å². The van der Waals surface area contributed by atoms with Crippen molar-refractivity contribution < 1.29 is 4.79 Å². The zero-order valence-electron chi connectivity index (χ0n) is 11.0. The zero-order valence-corrected chi connectivity index (χ0v) is 11.8. The first-order chi connectivity index (χ1) is 9.16. The highest BCUT2D eigenvalue weighted by atomic mass is 32.1. The van der Waals surface area contributed by atoms with Crippen LogP contribution in [0, 0.1) is 5.92 Å². The predicted molar refractivity (Wildman–Crippen MR) is 75.9 cm³/mol. The molecule has 1 atom stereocenters. The predicted octanol–water partition coefficient (Wildman–Crippen LogP) is 2.67. The van der Waals surface area contributed by atoms with Gasteiger partial charge < -0.3 is 10.6 Å². The van der Waals surface area contributed by atoms with Crippen LogP contribution in [0.4, 0.5) is 4.79 Å². The molecule has 102 valence electrons. The van der Waals surface area contributed by atoms with Crippen LogP contribution in [0.1, 0.15) is 30.5 Å². The van der Waals surface area contributed by atoms with Crippen molar-refractivity contribution in [3.63, 3.8) is 0 Å². The summed E-state index contributed by atoms with van der Waals surface area (Å²) in [6.45, 7) is 4.64. The van der Waals surface area contributed by atoms with E-state index in [1.807, 2.05) is 23.6 Å². The third-order valence-corrected chi connectivity index (χ3v) is 3.76. The fourth-order valence-electron chi connectivity index (χ4n) is 1.79. The summed E-state index contributed by atoms with van der Waals surface area (Å²) in [6, 6.07) is 5.76. The summed E-state index contributed by atoms with van der Waals surface area (Å²) in [5.74, 6) is 0.344. The minimum atomic E-state index is -0.165. The molecule has 19 heavy (non-hydrogen) atoms. The largest absolute Gasteiger partial charge is 0.333 e. The van der Waals surface area contributed by atoms with Crippen LogP contribution < -0.4 is 10.6 Å². The van der Waals surface area contributed by atoms with Crippen LogP contribution in [0.2, 0.25) is 0 Å². The second-order valence-electron chi connectivity index (χ2n) is 4.65. The summed E-state index contributed by atoms with van der Waals surface area (Å²) in [4.78, 5) is 13.1. The number of rotatable bonds is 5. The van der Waals surface area contributed by atoms with Gasteiger partial charge in [-0.15, -0.1) is 11.3 Å². The molecule has 6 heteroatoms. The highest BCUT2D eigenvalue weighted by molar-refractivity contribution is 7.10. The molecule has 2 aromatic rings. The lowest BCUT2D eigenvalue weighted by molar-refractivity contribution is 0.233. The number of aromatic nitrogens is 2. The molecule has 2 amide bonds. The molecule has 5 nitrogen and oxygen atoms in total. The first-order valence-electron chi connectivity index (χ1n) is 6.23. The van der Waals surface area contributed by atoms with Gasteiger partial charge in [0.05, 0.1) is 18.3 Å². The number of H-pyrrole nitrogens is 1. The Morgan fingerprint density at radius 3 is 2.89 bits per heavy atom. The summed E-state index contributed by atoms with van der Waals surface area (Å²) >= 11 is 1.66. The van der Waals surface area contributed by atoms with Crippen molar-refractivity contribution in [1.82, 2.24) is 20.8 Å². The van der Waals surface area contributed by atoms with Crippen molar-refractivity contribution in [1.29, 1.82) is 0 Å². The van der Waals surface area contributed by atoms with Crippen LogP contribution in [-0.4, -0.2) is 16.2 Å². The van der Waals surface area contributed by atoms with Crippen LogP contribution in [0.5, 0.6) is 0 Å². The standard InChI is InChI=1S/C13H18N4OS/c1-9(2)12(11-4-3-7-19-11)16-13(18)14-8-10-5-6-15-17-10/h3-7,9,12H,8H2,1-2H3,(H,15,17)(H2,14,16,18)/t12-/m1/s1. The van der Waals surface area contributed by atoms with E-state index in [9.17, 15) is 4.79 Å². The number of hydrogen-bond donors (Lipinski definition) is 3. The highest BCUT2D eigenvalue weighted by Gasteiger charge is 2.18. The van der Waals surface area contributed by atoms with Gasteiger partial charge in [0.25, 0.3) is 0 Å². The van der Waals surface area contributed by atoms with Crippen LogP contribution in [0.3, 0.4) is 0 Å². The smallest absolute Gasteiger partial charge is 0.315 e. The van der Waals surface area contributed by atoms with Crippen LogP contribution in [0.25, 0.3) is 0 Å². The molecule has 3 N–H and O–H groups in total. The second kappa shape index (κ2) is 6.38. The highest BCUT2D eigenvalue weighted by Crippen LogP contribution is 2.25. The molecule has 0 bridgehead atoms. The van der Waals surface area contributed by atoms with E-state index >= 15 is 0 Å². The molecule has 0 unspecified atom stereocenters. The summed E-state index contributed by atoms with van der Waals surface area (Å²) < 4.78 is 0. The van der Waals surface area contributed by atoms with E-state index < -0.39 is 0 Å². The van der Waals surface area contributed by atoms with E-state index in [2.05, 4.69) is 34.7 Å². The molecule has 0 saturated heterocycles. The number of thiophene rings is 1. The minimum absolute atomic E-state index is 0.0433. The Hall–Kier alpha value is -1.82. The van der Waals surface area contributed by atoms with E-state index in [1.54, 1.807) is 17.5 Å². The Labute approximate surface area is 116 Å². The molecule has 0 fully saturated rings. The molecular weight excluding hydrogens is 260 g/mol. The van der Waals surface area contributed by atoms with Crippen LogP contribution in [-0.2, 0) is 6.54 Å². The number of carbonyl (C=O) groups excluding carboxylic acids is 1. The normalized spacial score (nSPS) is 12.4. The first-order valence-corrected chi connectivity index (χ1v) is 7.11. The maximum Gasteiger partial charge on any atom is 0.315 e. The van der Waals surface area contributed by atoms with Gasteiger partial charge in [-0.3, -0.25) is 5.10 Å². The van der Waals surface area contributed by atoms with E-state index in [1.165, 1.54) is 4.88 Å². The maximum absolute atomic E-state index is 11.9. The van der Waals surface area contributed by atoms with Gasteiger partial charge in [-0.2, -0.15) is 5.10 Å². The van der Waals surface area contributed by atoms with E-state index in [0.29, 0.717) is 12.5 Å². The summed E-state index contributed by atoms with van der Waals surface area (Å²) in [5, 5.41) is 14.5. The lowest BCUT2D eigenvalue weighted by Gasteiger charge is -2.21. The molecule has 0 aliphatic rings. The summed E-state index contributed by atoms with van der Waals surface area (Å²) in [7, 11) is 0. The monoisotopic (exact) mass is 278 g/mol. The van der Waals surface area contributed by atoms with Crippen molar-refractivity contribution >= 4 is 17.4 Å². The third kappa shape index (κ3) is 3.82. The Bertz CT molecular complexity index is 493. The Balaban J connectivity index is 1.89. The van der Waals surface area contributed by atoms with Gasteiger partial charge in [0.1, 0.15) is 0 Å². The summed E-state index contributed by atoms with van der Waals surface area (Å²) in [5.41, 5.74) is 0.882. The lowest BCUT2D eigenvalue weighted by Crippen LogP contribution is -2.39. The molecule has 0 radical (unpaired) electrons. The fourth-order valence-corrected chi connectivity index (χ4v) is 2.73. The van der Waals surface area contributed by atoms with E-state index in [0.717, 1.165) is 5.69 Å². The average Bonchev–Trinajstić information content (AvgIpc) is 3.05. The molecule has 0 saturated carbocycles. The molecular formula is C13H18N4OS. The Morgan fingerprint density at radius 1 is 1.47 bits per heavy atom. The fraction of sp³-hybridized carbons (Fsp3) is 0.385. The Morgan fingerprint density at radius 2 is 2.32 bits per heavy atom. The first kappa shape index (κ1) is 13.6. The van der Waals surface area contributed by atoms with Gasteiger partial charge in [-0.1, -0.05) is 19.9 Å². The van der Waals surface area contributed by atoms with Gasteiger partial charge in [0.15, 0.2) is 0 Å². The SMILES string of the molecule is CC(C)[C@@H](NC(=O)NCc1ccn[nH]1)c1cccs1. The van der Waals surface area contributed by atoms with Crippen molar-refractivity contribution in [2.24, 2.45) is 5.92 Å². The number of urea groups is 1. The lowest BCUT2D eigenvalue weighted by atomic mass is 10.0. The number of nitrogens with zero attached hydrogens (tertiary/aromatic N) is 1. The molecule has 2 heterocycles. The van der Waals surface area contributed by atoms with Gasteiger partial charge in [-0.05, 0) is 23.4 Å². The molecule has 2 aromatic heterocycles. The number of nitrogens with one attached hydrogen (secondary N) is 3. The molecule has 0 spiro atoms. The van der Waals surface area contributed by atoms with E-state index in [4.69, 9.17) is 0 Å². The van der Waals surface area contributed by atoms with Crippen molar-refractivity contribution in [3.8, 4) is 0 Å².